The third kappa shape index (κ3) is 5.71. The van der Waals surface area contributed by atoms with E-state index in [2.05, 4.69) is 30.5 Å². The fourth-order valence-electron chi connectivity index (χ4n) is 4.73. The zero-order valence-corrected chi connectivity index (χ0v) is 21.7. The van der Waals surface area contributed by atoms with E-state index in [-0.39, 0.29) is 17.8 Å². The van der Waals surface area contributed by atoms with Gasteiger partial charge in [0.2, 0.25) is 12.7 Å². The van der Waals surface area contributed by atoms with Gasteiger partial charge in [0.15, 0.2) is 11.5 Å². The maximum Gasteiger partial charge on any atom is 0.290 e. The Hall–Kier alpha value is -4.03. The number of benzene rings is 1. The summed E-state index contributed by atoms with van der Waals surface area (Å²) in [6.45, 7) is 2.95. The lowest BCUT2D eigenvalue weighted by atomic mass is 9.97. The number of anilines is 1. The van der Waals surface area contributed by atoms with Gasteiger partial charge in [-0.15, -0.1) is 0 Å². The largest absolute Gasteiger partial charge is 0.454 e. The van der Waals surface area contributed by atoms with Crippen LogP contribution in [0.2, 0.25) is 0 Å². The fourth-order valence-corrected chi connectivity index (χ4v) is 5.39. The smallest absolute Gasteiger partial charge is 0.290 e. The Balaban J connectivity index is 1.02. The van der Waals surface area contributed by atoms with E-state index in [1.165, 1.54) is 6.20 Å². The van der Waals surface area contributed by atoms with E-state index in [0.717, 1.165) is 49.8 Å². The highest BCUT2D eigenvalue weighted by molar-refractivity contribution is 8.18. The summed E-state index contributed by atoms with van der Waals surface area (Å²) in [7, 11) is 0. The molecule has 2 aromatic heterocycles. The van der Waals surface area contributed by atoms with Gasteiger partial charge in [-0.1, -0.05) is 0 Å². The summed E-state index contributed by atoms with van der Waals surface area (Å²) in [5.41, 5.74) is 2.66. The Morgan fingerprint density at radius 1 is 1.13 bits per heavy atom. The van der Waals surface area contributed by atoms with Crippen molar-refractivity contribution in [3.05, 3.63) is 64.7 Å². The molecule has 12 heteroatoms. The molecule has 0 atom stereocenters. The second-order valence-corrected chi connectivity index (χ2v) is 10.4. The normalized spacial score (nSPS) is 18.2. The summed E-state index contributed by atoms with van der Waals surface area (Å²) >= 11 is 0.865. The van der Waals surface area contributed by atoms with E-state index in [1.807, 2.05) is 18.2 Å². The Labute approximate surface area is 228 Å². The van der Waals surface area contributed by atoms with Gasteiger partial charge in [0.05, 0.1) is 22.5 Å². The number of hydrogen-bond donors (Lipinski definition) is 2. The maximum absolute atomic E-state index is 14.5. The number of rotatable bonds is 7. The number of ether oxygens (including phenoxy) is 2. The summed E-state index contributed by atoms with van der Waals surface area (Å²) in [5, 5.41) is 5.27. The molecule has 3 aromatic rings. The molecule has 39 heavy (non-hydrogen) atoms. The molecule has 3 aliphatic rings. The summed E-state index contributed by atoms with van der Waals surface area (Å²) in [6, 6.07) is 9.06. The molecule has 2 N–H and O–H groups in total. The van der Waals surface area contributed by atoms with E-state index in [0.29, 0.717) is 51.8 Å². The van der Waals surface area contributed by atoms with Crippen LogP contribution >= 0.6 is 11.8 Å². The number of nitrogens with one attached hydrogen (secondary N) is 2. The van der Waals surface area contributed by atoms with E-state index >= 15 is 0 Å². The van der Waals surface area contributed by atoms with Gasteiger partial charge >= 0.3 is 0 Å². The number of piperidine rings is 1. The number of aromatic nitrogens is 3. The van der Waals surface area contributed by atoms with Crippen LogP contribution < -0.4 is 25.0 Å². The number of imide groups is 1. The highest BCUT2D eigenvalue weighted by atomic mass is 32.2. The molecule has 2 amide bonds. The third-order valence-electron chi connectivity index (χ3n) is 6.83. The predicted molar refractivity (Wildman–Crippen MR) is 144 cm³/mol. The Morgan fingerprint density at radius 3 is 2.79 bits per heavy atom. The number of carbonyl (C=O) groups is 2. The Kier molecular flexibility index (Phi) is 7.12. The zero-order chi connectivity index (χ0) is 26.8. The second kappa shape index (κ2) is 11.0. The van der Waals surface area contributed by atoms with Crippen LogP contribution in [0.1, 0.15) is 24.1 Å². The minimum absolute atomic E-state index is 0.198. The molecule has 10 nitrogen and oxygen atoms in total. The quantitative estimate of drug-likeness (QED) is 0.423. The molecule has 6 rings (SSSR count). The first-order valence-electron chi connectivity index (χ1n) is 12.6. The monoisotopic (exact) mass is 548 g/mol. The first-order chi connectivity index (χ1) is 19.0. The fraction of sp³-hybridized carbons (Fsp3) is 0.296. The second-order valence-electron chi connectivity index (χ2n) is 9.42. The van der Waals surface area contributed by atoms with E-state index in [9.17, 15) is 14.0 Å². The van der Waals surface area contributed by atoms with Crippen molar-refractivity contribution < 1.29 is 23.5 Å². The minimum atomic E-state index is -0.408. The lowest BCUT2D eigenvalue weighted by molar-refractivity contribution is -0.115. The van der Waals surface area contributed by atoms with E-state index in [1.54, 1.807) is 24.4 Å². The molecule has 0 saturated carbocycles. The van der Waals surface area contributed by atoms with Gasteiger partial charge < -0.3 is 19.7 Å². The highest BCUT2D eigenvalue weighted by Crippen LogP contribution is 2.35. The van der Waals surface area contributed by atoms with Crippen molar-refractivity contribution >= 4 is 34.9 Å². The molecule has 0 spiro atoms. The number of fused-ring (bicyclic) bond motifs is 1. The van der Waals surface area contributed by atoms with Gasteiger partial charge in [-0.25, -0.2) is 14.4 Å². The van der Waals surface area contributed by atoms with Gasteiger partial charge in [0.25, 0.3) is 11.1 Å². The molecular weight excluding hydrogens is 523 g/mol. The average molecular weight is 549 g/mol. The van der Waals surface area contributed by atoms with Gasteiger partial charge in [0, 0.05) is 37.0 Å². The van der Waals surface area contributed by atoms with Gasteiger partial charge in [-0.05, 0) is 73.5 Å². The first-order valence-corrected chi connectivity index (χ1v) is 13.4. The average Bonchev–Trinajstić information content (AvgIpc) is 3.55. The number of halogens is 1. The SMILES string of the molecule is O=C1NC(=O)/C(=C/c2ccnc(N3CCC(CNCc4cc(-c5ccc6c(c5)OCO6)ncc4F)CC3)n2)S1. The minimum Gasteiger partial charge on any atom is -0.454 e. The van der Waals surface area contributed by atoms with Crippen LogP contribution in [-0.4, -0.2) is 52.5 Å². The number of amides is 2. The zero-order valence-electron chi connectivity index (χ0n) is 20.9. The standard InChI is InChI=1S/C27H25FN6O4S/c28-20-14-31-21(17-1-2-22-23(10-17)38-15-37-22)9-18(20)13-29-12-16-4-7-34(8-5-16)26-30-6-3-19(32-26)11-24-25(35)33-27(36)39-24/h1-3,6,9-11,14,16,29H,4-5,7-8,12-13,15H2,(H,33,35,36)/b24-11-. The lowest BCUT2D eigenvalue weighted by Crippen LogP contribution is -2.38. The molecule has 5 heterocycles. The maximum atomic E-state index is 14.5. The van der Waals surface area contributed by atoms with Crippen molar-refractivity contribution in [3.8, 4) is 22.8 Å². The molecule has 0 radical (unpaired) electrons. The van der Waals surface area contributed by atoms with Crippen molar-refractivity contribution in [3.63, 3.8) is 0 Å². The van der Waals surface area contributed by atoms with Crippen molar-refractivity contribution in [2.45, 2.75) is 19.4 Å². The number of pyridine rings is 1. The van der Waals surface area contributed by atoms with Crippen LogP contribution in [0.5, 0.6) is 11.5 Å². The molecule has 0 aliphatic carbocycles. The van der Waals surface area contributed by atoms with Crippen LogP contribution in [0.4, 0.5) is 15.1 Å². The topological polar surface area (TPSA) is 119 Å². The third-order valence-corrected chi connectivity index (χ3v) is 7.64. The lowest BCUT2D eigenvalue weighted by Gasteiger charge is -2.32. The van der Waals surface area contributed by atoms with Crippen molar-refractivity contribution in [1.29, 1.82) is 0 Å². The van der Waals surface area contributed by atoms with Gasteiger partial charge in [-0.3, -0.25) is 19.9 Å². The molecule has 3 aliphatic heterocycles. The Morgan fingerprint density at radius 2 is 1.97 bits per heavy atom. The van der Waals surface area contributed by atoms with Crippen LogP contribution in [0.15, 0.2) is 47.6 Å². The molecule has 0 bridgehead atoms. The molecule has 2 saturated heterocycles. The van der Waals surface area contributed by atoms with Crippen LogP contribution in [-0.2, 0) is 11.3 Å². The van der Waals surface area contributed by atoms with Gasteiger partial charge in [0.1, 0.15) is 5.82 Å². The summed E-state index contributed by atoms with van der Waals surface area (Å²) in [5.74, 6) is 1.64. The summed E-state index contributed by atoms with van der Waals surface area (Å²) < 4.78 is 25.3. The summed E-state index contributed by atoms with van der Waals surface area (Å²) in [4.78, 5) is 38.9. The van der Waals surface area contributed by atoms with Crippen LogP contribution in [0.25, 0.3) is 17.3 Å². The first kappa shape index (κ1) is 25.3. The number of thioether (sulfide) groups is 1. The Bertz CT molecular complexity index is 1460. The van der Waals surface area contributed by atoms with Crippen LogP contribution in [0, 0.1) is 11.7 Å². The van der Waals surface area contributed by atoms with Crippen molar-refractivity contribution in [1.82, 2.24) is 25.6 Å². The highest BCUT2D eigenvalue weighted by Gasteiger charge is 2.26. The summed E-state index contributed by atoms with van der Waals surface area (Å²) in [6.07, 6.45) is 6.40. The molecule has 200 valence electrons. The number of nitrogens with zero attached hydrogens (tertiary/aromatic N) is 4. The molecule has 0 unspecified atom stereocenters. The molecule has 1 aromatic carbocycles. The number of hydrogen-bond acceptors (Lipinski definition) is 10. The predicted octanol–water partition coefficient (Wildman–Crippen LogP) is 3.74. The van der Waals surface area contributed by atoms with Crippen molar-refractivity contribution in [2.24, 2.45) is 5.92 Å². The van der Waals surface area contributed by atoms with Gasteiger partial charge in [-0.2, -0.15) is 0 Å². The van der Waals surface area contributed by atoms with Crippen molar-refractivity contribution in [2.75, 3.05) is 31.3 Å². The molecule has 2 fully saturated rings. The van der Waals surface area contributed by atoms with E-state index in [4.69, 9.17) is 9.47 Å². The van der Waals surface area contributed by atoms with E-state index < -0.39 is 5.91 Å². The number of carbonyl (C=O) groups excluding carboxylic acids is 2. The molecular formula is C27H25FN6O4S. The van der Waals surface area contributed by atoms with Crippen LogP contribution in [0.3, 0.4) is 0 Å².